The lowest BCUT2D eigenvalue weighted by Crippen LogP contribution is -2.09. The molecule has 0 saturated heterocycles. The smallest absolute Gasteiger partial charge is 0.307 e. The zero-order valence-electron chi connectivity index (χ0n) is 9.56. The van der Waals surface area contributed by atoms with Crippen molar-refractivity contribution in [2.75, 3.05) is 6.61 Å². The van der Waals surface area contributed by atoms with Gasteiger partial charge in [0.2, 0.25) is 0 Å². The van der Waals surface area contributed by atoms with Crippen LogP contribution in [0.5, 0.6) is 0 Å². The Labute approximate surface area is 90.2 Å². The molecule has 4 nitrogen and oxygen atoms in total. The molecule has 0 amide bonds. The molecule has 0 N–H and O–H groups in total. The minimum absolute atomic E-state index is 0.168. The molecule has 84 valence electrons. The van der Waals surface area contributed by atoms with Crippen molar-refractivity contribution in [3.05, 3.63) is 18.0 Å². The van der Waals surface area contributed by atoms with Crippen LogP contribution in [-0.4, -0.2) is 22.4 Å². The second kappa shape index (κ2) is 5.53. The average molecular weight is 210 g/mol. The van der Waals surface area contributed by atoms with E-state index in [0.717, 1.165) is 0 Å². The third kappa shape index (κ3) is 3.73. The molecule has 15 heavy (non-hydrogen) atoms. The molecule has 0 radical (unpaired) electrons. The van der Waals surface area contributed by atoms with Crippen LogP contribution < -0.4 is 0 Å². The Bertz CT molecular complexity index is 318. The van der Waals surface area contributed by atoms with Crippen LogP contribution >= 0.6 is 0 Å². The van der Waals surface area contributed by atoms with Crippen molar-refractivity contribution in [3.8, 4) is 0 Å². The fourth-order valence-electron chi connectivity index (χ4n) is 1.24. The molecule has 0 fully saturated rings. The summed E-state index contributed by atoms with van der Waals surface area (Å²) in [6, 6.07) is 0. The van der Waals surface area contributed by atoms with E-state index >= 15 is 0 Å². The van der Waals surface area contributed by atoms with Crippen LogP contribution in [0.2, 0.25) is 0 Å². The van der Waals surface area contributed by atoms with Crippen LogP contribution in [0, 0.1) is 0 Å². The highest BCUT2D eigenvalue weighted by molar-refractivity contribution is 5.69. The predicted molar refractivity (Wildman–Crippen MR) is 57.6 cm³/mol. The van der Waals surface area contributed by atoms with Crippen LogP contribution in [0.4, 0.5) is 0 Å². The number of esters is 1. The van der Waals surface area contributed by atoms with Crippen molar-refractivity contribution >= 4 is 5.97 Å². The van der Waals surface area contributed by atoms with E-state index in [1.807, 2.05) is 19.3 Å². The molecule has 0 atom stereocenters. The van der Waals surface area contributed by atoms with Gasteiger partial charge in [-0.3, -0.25) is 9.48 Å². The molecular weight excluding hydrogens is 192 g/mol. The first-order chi connectivity index (χ1) is 7.13. The van der Waals surface area contributed by atoms with E-state index in [1.54, 1.807) is 4.68 Å². The first-order valence-corrected chi connectivity index (χ1v) is 5.31. The van der Waals surface area contributed by atoms with E-state index in [1.165, 1.54) is 5.56 Å². The number of rotatable bonds is 5. The Hall–Kier alpha value is -1.32. The highest BCUT2D eigenvalue weighted by Gasteiger charge is 2.05. The van der Waals surface area contributed by atoms with E-state index in [2.05, 4.69) is 18.9 Å². The summed E-state index contributed by atoms with van der Waals surface area (Å²) in [5.41, 5.74) is 1.19. The number of aryl methyl sites for hydroxylation is 1. The second-order valence-corrected chi connectivity index (χ2v) is 3.75. The molecule has 0 bridgehead atoms. The number of ether oxygens (including phenoxy) is 1. The molecule has 1 heterocycles. The number of carbonyl (C=O) groups is 1. The highest BCUT2D eigenvalue weighted by Crippen LogP contribution is 2.12. The van der Waals surface area contributed by atoms with Crippen LogP contribution in [0.15, 0.2) is 12.4 Å². The summed E-state index contributed by atoms with van der Waals surface area (Å²) >= 11 is 0. The van der Waals surface area contributed by atoms with Gasteiger partial charge in [-0.25, -0.2) is 0 Å². The third-order valence-corrected chi connectivity index (χ3v) is 2.17. The highest BCUT2D eigenvalue weighted by atomic mass is 16.5. The van der Waals surface area contributed by atoms with Crippen molar-refractivity contribution in [2.45, 2.75) is 39.7 Å². The molecule has 0 aliphatic rings. The lowest BCUT2D eigenvalue weighted by Gasteiger charge is -2.02. The maximum absolute atomic E-state index is 11.1. The van der Waals surface area contributed by atoms with Gasteiger partial charge in [0, 0.05) is 6.20 Å². The van der Waals surface area contributed by atoms with Crippen molar-refractivity contribution in [3.63, 3.8) is 0 Å². The summed E-state index contributed by atoms with van der Waals surface area (Å²) in [7, 11) is 0. The summed E-state index contributed by atoms with van der Waals surface area (Å²) in [6.45, 7) is 7.07. The SMILES string of the molecule is CCOC(=O)CCn1cc(C(C)C)cn1. The van der Waals surface area contributed by atoms with Gasteiger partial charge in [0.25, 0.3) is 0 Å². The number of carbonyl (C=O) groups excluding carboxylic acids is 1. The number of hydrogen-bond acceptors (Lipinski definition) is 3. The Morgan fingerprint density at radius 1 is 1.60 bits per heavy atom. The van der Waals surface area contributed by atoms with Gasteiger partial charge in [-0.15, -0.1) is 0 Å². The van der Waals surface area contributed by atoms with Gasteiger partial charge in [0.1, 0.15) is 0 Å². The van der Waals surface area contributed by atoms with Crippen LogP contribution in [0.25, 0.3) is 0 Å². The molecule has 0 aromatic carbocycles. The van der Waals surface area contributed by atoms with Gasteiger partial charge >= 0.3 is 5.97 Å². The molecule has 0 spiro atoms. The van der Waals surface area contributed by atoms with E-state index in [4.69, 9.17) is 4.74 Å². The minimum atomic E-state index is -0.168. The Morgan fingerprint density at radius 2 is 2.33 bits per heavy atom. The maximum atomic E-state index is 11.1. The summed E-state index contributed by atoms with van der Waals surface area (Å²) in [5.74, 6) is 0.306. The number of nitrogens with zero attached hydrogens (tertiary/aromatic N) is 2. The zero-order chi connectivity index (χ0) is 11.3. The average Bonchev–Trinajstić information content (AvgIpc) is 2.63. The second-order valence-electron chi connectivity index (χ2n) is 3.75. The fourth-order valence-corrected chi connectivity index (χ4v) is 1.24. The maximum Gasteiger partial charge on any atom is 0.307 e. The molecule has 0 unspecified atom stereocenters. The van der Waals surface area contributed by atoms with Crippen molar-refractivity contribution in [1.29, 1.82) is 0 Å². The standard InChI is InChI=1S/C11H18N2O2/c1-4-15-11(14)5-6-13-8-10(7-12-13)9(2)3/h7-9H,4-6H2,1-3H3. The molecule has 0 aliphatic heterocycles. The summed E-state index contributed by atoms with van der Waals surface area (Å²) in [6.07, 6.45) is 4.20. The topological polar surface area (TPSA) is 44.1 Å². The quantitative estimate of drug-likeness (QED) is 0.698. The first kappa shape index (κ1) is 11.8. The van der Waals surface area contributed by atoms with Gasteiger partial charge in [0.05, 0.1) is 25.8 Å². The lowest BCUT2D eigenvalue weighted by molar-refractivity contribution is -0.143. The molecule has 1 rings (SSSR count). The van der Waals surface area contributed by atoms with E-state index in [-0.39, 0.29) is 5.97 Å². The molecule has 0 aliphatic carbocycles. The van der Waals surface area contributed by atoms with Crippen molar-refractivity contribution in [2.24, 2.45) is 0 Å². The van der Waals surface area contributed by atoms with Crippen LogP contribution in [0.1, 0.15) is 38.7 Å². The van der Waals surface area contributed by atoms with Gasteiger partial charge in [-0.05, 0) is 18.4 Å². The molecule has 1 aromatic heterocycles. The van der Waals surface area contributed by atoms with Crippen LogP contribution in [0.3, 0.4) is 0 Å². The largest absolute Gasteiger partial charge is 0.466 e. The number of aromatic nitrogens is 2. The summed E-state index contributed by atoms with van der Waals surface area (Å²) in [5, 5.41) is 4.18. The zero-order valence-corrected chi connectivity index (χ0v) is 9.56. The molecule has 0 saturated carbocycles. The van der Waals surface area contributed by atoms with Crippen molar-refractivity contribution < 1.29 is 9.53 Å². The van der Waals surface area contributed by atoms with E-state index < -0.39 is 0 Å². The fraction of sp³-hybridized carbons (Fsp3) is 0.636. The molecule has 4 heteroatoms. The third-order valence-electron chi connectivity index (χ3n) is 2.17. The molecular formula is C11H18N2O2. The van der Waals surface area contributed by atoms with E-state index in [0.29, 0.717) is 25.5 Å². The monoisotopic (exact) mass is 210 g/mol. The lowest BCUT2D eigenvalue weighted by atomic mass is 10.1. The van der Waals surface area contributed by atoms with E-state index in [9.17, 15) is 4.79 Å². The minimum Gasteiger partial charge on any atom is -0.466 e. The Kier molecular flexibility index (Phi) is 4.34. The predicted octanol–water partition coefficient (Wildman–Crippen LogP) is 1.96. The summed E-state index contributed by atoms with van der Waals surface area (Å²) < 4.78 is 6.62. The van der Waals surface area contributed by atoms with Gasteiger partial charge in [0.15, 0.2) is 0 Å². The first-order valence-electron chi connectivity index (χ1n) is 5.31. The molecule has 1 aromatic rings. The Balaban J connectivity index is 2.41. The number of hydrogen-bond donors (Lipinski definition) is 0. The van der Waals surface area contributed by atoms with Crippen molar-refractivity contribution in [1.82, 2.24) is 9.78 Å². The Morgan fingerprint density at radius 3 is 2.87 bits per heavy atom. The van der Waals surface area contributed by atoms with Crippen LogP contribution in [-0.2, 0) is 16.1 Å². The van der Waals surface area contributed by atoms with Gasteiger partial charge in [-0.1, -0.05) is 13.8 Å². The normalized spacial score (nSPS) is 10.7. The van der Waals surface area contributed by atoms with Gasteiger partial charge in [-0.2, -0.15) is 5.10 Å². The van der Waals surface area contributed by atoms with Gasteiger partial charge < -0.3 is 4.74 Å². The summed E-state index contributed by atoms with van der Waals surface area (Å²) in [4.78, 5) is 11.1.